The third-order valence-electron chi connectivity index (χ3n) is 2.08. The van der Waals surface area contributed by atoms with Crippen LogP contribution in [0.3, 0.4) is 0 Å². The first-order valence-electron chi connectivity index (χ1n) is 4.71. The minimum atomic E-state index is -4.78. The van der Waals surface area contributed by atoms with Gasteiger partial charge in [0.05, 0.1) is 12.7 Å². The average molecular weight is 261 g/mol. The smallest absolute Gasteiger partial charge is 0.430 e. The number of rotatable bonds is 3. The van der Waals surface area contributed by atoms with Crippen molar-refractivity contribution in [2.75, 3.05) is 7.11 Å². The van der Waals surface area contributed by atoms with Crippen molar-refractivity contribution in [2.24, 2.45) is 5.73 Å². The van der Waals surface area contributed by atoms with Gasteiger partial charge < -0.3 is 15.6 Å². The number of methoxy groups -OCH3 is 1. The van der Waals surface area contributed by atoms with E-state index < -0.39 is 23.4 Å². The van der Waals surface area contributed by atoms with Crippen LogP contribution in [0.5, 0.6) is 11.5 Å². The Labute approximate surface area is 100 Å². The number of aromatic hydroxyl groups is 1. The van der Waals surface area contributed by atoms with Crippen molar-refractivity contribution >= 4 is 5.78 Å². The zero-order valence-corrected chi connectivity index (χ0v) is 9.28. The fourth-order valence-electron chi connectivity index (χ4n) is 1.15. The van der Waals surface area contributed by atoms with Gasteiger partial charge in [0.25, 0.3) is 0 Å². The molecule has 3 N–H and O–H groups in total. The number of phenolic OH excluding ortho intramolecular Hbond substituents is 1. The molecule has 7 heteroatoms. The lowest BCUT2D eigenvalue weighted by atomic mass is 10.1. The van der Waals surface area contributed by atoms with Gasteiger partial charge in [-0.15, -0.1) is 0 Å². The largest absolute Gasteiger partial charge is 0.507 e. The second-order valence-corrected chi connectivity index (χ2v) is 3.34. The second kappa shape index (κ2) is 4.99. The monoisotopic (exact) mass is 261 g/mol. The molecule has 0 bridgehead atoms. The first-order chi connectivity index (χ1) is 8.25. The molecule has 0 atom stereocenters. The Morgan fingerprint density at radius 1 is 1.44 bits per heavy atom. The lowest BCUT2D eigenvalue weighted by Gasteiger charge is -2.07. The van der Waals surface area contributed by atoms with Crippen molar-refractivity contribution in [1.82, 2.24) is 0 Å². The SMILES string of the molecule is COc1ccc(C(=O)/C=C(/N)C(F)(F)F)c(O)c1. The number of nitrogens with two attached hydrogens (primary N) is 1. The highest BCUT2D eigenvalue weighted by Crippen LogP contribution is 2.26. The Morgan fingerprint density at radius 3 is 2.50 bits per heavy atom. The summed E-state index contributed by atoms with van der Waals surface area (Å²) >= 11 is 0. The van der Waals surface area contributed by atoms with Gasteiger partial charge in [0, 0.05) is 12.1 Å². The van der Waals surface area contributed by atoms with Crippen LogP contribution >= 0.6 is 0 Å². The van der Waals surface area contributed by atoms with E-state index in [1.54, 1.807) is 0 Å². The molecule has 0 heterocycles. The second-order valence-electron chi connectivity index (χ2n) is 3.34. The predicted molar refractivity (Wildman–Crippen MR) is 57.3 cm³/mol. The van der Waals surface area contributed by atoms with Crippen LogP contribution in [0.2, 0.25) is 0 Å². The summed E-state index contributed by atoms with van der Waals surface area (Å²) in [6.07, 6.45) is -4.56. The molecule has 0 aliphatic heterocycles. The van der Waals surface area contributed by atoms with E-state index in [-0.39, 0.29) is 17.4 Å². The number of ketones is 1. The number of halogens is 3. The molecular weight excluding hydrogens is 251 g/mol. The van der Waals surface area contributed by atoms with E-state index in [1.165, 1.54) is 13.2 Å². The van der Waals surface area contributed by atoms with Crippen LogP contribution in [-0.2, 0) is 0 Å². The number of phenols is 1. The molecule has 98 valence electrons. The van der Waals surface area contributed by atoms with Gasteiger partial charge in [-0.2, -0.15) is 13.2 Å². The molecule has 1 aromatic carbocycles. The highest BCUT2D eigenvalue weighted by molar-refractivity contribution is 6.06. The molecule has 0 aliphatic carbocycles. The standard InChI is InChI=1S/C11H10F3NO3/c1-18-6-2-3-7(8(16)4-6)9(17)5-10(15)11(12,13)14/h2-5,16H,15H2,1H3/b10-5+. The Balaban J connectivity index is 3.06. The van der Waals surface area contributed by atoms with Gasteiger partial charge in [0.1, 0.15) is 17.2 Å². The summed E-state index contributed by atoms with van der Waals surface area (Å²) in [6.45, 7) is 0. The molecule has 0 aliphatic rings. The van der Waals surface area contributed by atoms with Gasteiger partial charge in [0.2, 0.25) is 0 Å². The number of allylic oxidation sites excluding steroid dienone is 2. The Kier molecular flexibility index (Phi) is 3.85. The van der Waals surface area contributed by atoms with Crippen LogP contribution < -0.4 is 10.5 Å². The van der Waals surface area contributed by atoms with Gasteiger partial charge in [-0.25, -0.2) is 0 Å². The normalized spacial score (nSPS) is 12.3. The van der Waals surface area contributed by atoms with Crippen molar-refractivity contribution in [1.29, 1.82) is 0 Å². The number of carbonyl (C=O) groups is 1. The van der Waals surface area contributed by atoms with Gasteiger partial charge in [0.15, 0.2) is 5.78 Å². The molecule has 1 aromatic rings. The van der Waals surface area contributed by atoms with Crippen LogP contribution in [0, 0.1) is 0 Å². The first kappa shape index (κ1) is 13.9. The molecule has 0 aromatic heterocycles. The van der Waals surface area contributed by atoms with Gasteiger partial charge in [-0.1, -0.05) is 0 Å². The number of hydrogen-bond acceptors (Lipinski definition) is 4. The number of carbonyl (C=O) groups excluding carboxylic acids is 1. The number of ether oxygens (including phenoxy) is 1. The van der Waals surface area contributed by atoms with Gasteiger partial charge in [-0.3, -0.25) is 4.79 Å². The quantitative estimate of drug-likeness (QED) is 0.644. The third kappa shape index (κ3) is 3.16. The van der Waals surface area contributed by atoms with E-state index >= 15 is 0 Å². The first-order valence-corrected chi connectivity index (χ1v) is 4.71. The summed E-state index contributed by atoms with van der Waals surface area (Å²) in [7, 11) is 1.35. The average Bonchev–Trinajstić information content (AvgIpc) is 2.27. The lowest BCUT2D eigenvalue weighted by Crippen LogP contribution is -2.20. The Morgan fingerprint density at radius 2 is 2.06 bits per heavy atom. The molecule has 0 saturated carbocycles. The molecule has 0 saturated heterocycles. The highest BCUT2D eigenvalue weighted by Gasteiger charge is 2.32. The summed E-state index contributed by atoms with van der Waals surface area (Å²) in [4.78, 5) is 11.5. The summed E-state index contributed by atoms with van der Waals surface area (Å²) < 4.78 is 41.1. The maximum atomic E-state index is 12.1. The van der Waals surface area contributed by atoms with Crippen molar-refractivity contribution in [2.45, 2.75) is 6.18 Å². The Hall–Kier alpha value is -2.18. The molecule has 0 fully saturated rings. The van der Waals surface area contributed by atoms with Crippen LogP contribution in [0.1, 0.15) is 10.4 Å². The number of alkyl halides is 3. The number of hydrogen-bond donors (Lipinski definition) is 2. The van der Waals surface area contributed by atoms with E-state index in [0.29, 0.717) is 0 Å². The maximum Gasteiger partial charge on any atom is 0.430 e. The highest BCUT2D eigenvalue weighted by atomic mass is 19.4. The number of benzene rings is 1. The zero-order chi connectivity index (χ0) is 13.9. The van der Waals surface area contributed by atoms with Crippen LogP contribution in [0.25, 0.3) is 0 Å². The Bertz CT molecular complexity index is 495. The third-order valence-corrected chi connectivity index (χ3v) is 2.08. The van der Waals surface area contributed by atoms with Crippen LogP contribution in [-0.4, -0.2) is 24.2 Å². The van der Waals surface area contributed by atoms with Crippen molar-refractivity contribution in [3.05, 3.63) is 35.5 Å². The van der Waals surface area contributed by atoms with E-state index in [2.05, 4.69) is 0 Å². The van der Waals surface area contributed by atoms with Crippen LogP contribution in [0.15, 0.2) is 30.0 Å². The maximum absolute atomic E-state index is 12.1. The van der Waals surface area contributed by atoms with Crippen LogP contribution in [0.4, 0.5) is 13.2 Å². The molecular formula is C11H10F3NO3. The summed E-state index contributed by atoms with van der Waals surface area (Å²) in [5.41, 5.74) is 2.89. The van der Waals surface area contributed by atoms with E-state index in [9.17, 15) is 23.1 Å². The minimum Gasteiger partial charge on any atom is -0.507 e. The van der Waals surface area contributed by atoms with Crippen molar-refractivity contribution in [3.63, 3.8) is 0 Å². The molecule has 18 heavy (non-hydrogen) atoms. The predicted octanol–water partition coefficient (Wildman–Crippen LogP) is 1.99. The summed E-state index contributed by atoms with van der Waals surface area (Å²) in [6, 6.07) is 3.60. The van der Waals surface area contributed by atoms with E-state index in [0.717, 1.165) is 12.1 Å². The van der Waals surface area contributed by atoms with E-state index in [1.807, 2.05) is 0 Å². The summed E-state index contributed by atoms with van der Waals surface area (Å²) in [5.74, 6) is -1.24. The van der Waals surface area contributed by atoms with Gasteiger partial charge in [-0.05, 0) is 12.1 Å². The van der Waals surface area contributed by atoms with Gasteiger partial charge >= 0.3 is 6.18 Å². The fourth-order valence-corrected chi connectivity index (χ4v) is 1.15. The summed E-state index contributed by atoms with van der Waals surface area (Å²) in [5, 5.41) is 9.46. The topological polar surface area (TPSA) is 72.5 Å². The molecule has 0 spiro atoms. The molecule has 0 unspecified atom stereocenters. The van der Waals surface area contributed by atoms with Crippen molar-refractivity contribution < 1.29 is 27.8 Å². The fraction of sp³-hybridized carbons (Fsp3) is 0.182. The molecule has 4 nitrogen and oxygen atoms in total. The van der Waals surface area contributed by atoms with E-state index in [4.69, 9.17) is 10.5 Å². The molecule has 0 amide bonds. The van der Waals surface area contributed by atoms with Crippen molar-refractivity contribution in [3.8, 4) is 11.5 Å². The molecule has 1 rings (SSSR count). The molecule has 0 radical (unpaired) electrons. The zero-order valence-electron chi connectivity index (χ0n) is 9.28. The lowest BCUT2D eigenvalue weighted by molar-refractivity contribution is -0.0927. The minimum absolute atomic E-state index is 0.224.